The lowest BCUT2D eigenvalue weighted by molar-refractivity contribution is -0.131. The van der Waals surface area contributed by atoms with Crippen LogP contribution in [0.3, 0.4) is 0 Å². The van der Waals surface area contributed by atoms with Crippen LogP contribution in [0.5, 0.6) is 11.5 Å². The van der Waals surface area contributed by atoms with Crippen molar-refractivity contribution in [1.29, 1.82) is 0 Å². The maximum atomic E-state index is 13.6. The van der Waals surface area contributed by atoms with E-state index in [1.165, 1.54) is 19.3 Å². The summed E-state index contributed by atoms with van der Waals surface area (Å²) in [7, 11) is 1.44. The van der Waals surface area contributed by atoms with Crippen LogP contribution >= 0.6 is 11.6 Å². The van der Waals surface area contributed by atoms with Gasteiger partial charge in [-0.3, -0.25) is 0 Å². The molecule has 0 aliphatic carbocycles. The third kappa shape index (κ3) is 4.47. The fraction of sp³-hybridized carbons (Fsp3) is 0.118. The zero-order chi connectivity index (χ0) is 16.8. The molecule has 0 bridgehead atoms. The van der Waals surface area contributed by atoms with Gasteiger partial charge in [0.2, 0.25) is 0 Å². The van der Waals surface area contributed by atoms with Crippen LogP contribution < -0.4 is 9.47 Å². The maximum Gasteiger partial charge on any atom is 0.328 e. The van der Waals surface area contributed by atoms with E-state index >= 15 is 0 Å². The number of benzene rings is 2. The van der Waals surface area contributed by atoms with Crippen molar-refractivity contribution in [2.45, 2.75) is 6.61 Å². The quantitative estimate of drug-likeness (QED) is 0.805. The van der Waals surface area contributed by atoms with Crippen LogP contribution in [0.15, 0.2) is 42.5 Å². The van der Waals surface area contributed by atoms with Crippen LogP contribution in [-0.2, 0) is 11.4 Å². The fourth-order valence-electron chi connectivity index (χ4n) is 1.91. The van der Waals surface area contributed by atoms with Gasteiger partial charge in [0, 0.05) is 11.6 Å². The largest absolute Gasteiger partial charge is 0.493 e. The van der Waals surface area contributed by atoms with Gasteiger partial charge in [-0.15, -0.1) is 0 Å². The van der Waals surface area contributed by atoms with Gasteiger partial charge in [-0.25, -0.2) is 9.18 Å². The molecule has 0 aliphatic heterocycles. The molecular weight excluding hydrogens is 323 g/mol. The Bertz CT molecular complexity index is 743. The molecule has 0 saturated heterocycles. The molecule has 0 aromatic heterocycles. The molecule has 0 heterocycles. The average molecular weight is 337 g/mol. The summed E-state index contributed by atoms with van der Waals surface area (Å²) in [6.07, 6.45) is 2.38. The summed E-state index contributed by atoms with van der Waals surface area (Å²) in [5, 5.41) is 8.89. The molecule has 2 rings (SSSR count). The molecule has 6 heteroatoms. The Morgan fingerprint density at radius 1 is 1.35 bits per heavy atom. The van der Waals surface area contributed by atoms with Crippen LogP contribution in [0.2, 0.25) is 5.02 Å². The van der Waals surface area contributed by atoms with Gasteiger partial charge in [-0.1, -0.05) is 29.8 Å². The molecule has 23 heavy (non-hydrogen) atoms. The number of carbonyl (C=O) groups is 1. The predicted molar refractivity (Wildman–Crippen MR) is 85.4 cm³/mol. The third-order valence-corrected chi connectivity index (χ3v) is 3.28. The Morgan fingerprint density at radius 2 is 2.09 bits per heavy atom. The molecule has 0 amide bonds. The number of hydrogen-bond acceptors (Lipinski definition) is 3. The van der Waals surface area contributed by atoms with Crippen molar-refractivity contribution in [3.05, 3.63) is 64.4 Å². The van der Waals surface area contributed by atoms with Gasteiger partial charge in [-0.05, 0) is 29.8 Å². The topological polar surface area (TPSA) is 55.8 Å². The number of carboxylic acid groups (broad SMARTS) is 1. The molecule has 0 spiro atoms. The van der Waals surface area contributed by atoms with Crippen molar-refractivity contribution in [2.75, 3.05) is 7.11 Å². The van der Waals surface area contributed by atoms with E-state index < -0.39 is 5.97 Å². The van der Waals surface area contributed by atoms with Crippen molar-refractivity contribution < 1.29 is 23.8 Å². The SMILES string of the molecule is COc1cc(/C=C/C(=O)O)cc(Cl)c1OCc1ccccc1F. The molecule has 0 unspecified atom stereocenters. The highest BCUT2D eigenvalue weighted by molar-refractivity contribution is 6.32. The highest BCUT2D eigenvalue weighted by Gasteiger charge is 2.12. The third-order valence-electron chi connectivity index (χ3n) is 3.00. The van der Waals surface area contributed by atoms with Crippen LogP contribution in [0, 0.1) is 5.82 Å². The lowest BCUT2D eigenvalue weighted by Gasteiger charge is -2.13. The number of methoxy groups -OCH3 is 1. The van der Waals surface area contributed by atoms with Gasteiger partial charge in [0.25, 0.3) is 0 Å². The van der Waals surface area contributed by atoms with Gasteiger partial charge in [-0.2, -0.15) is 0 Å². The van der Waals surface area contributed by atoms with Gasteiger partial charge in [0.05, 0.1) is 12.1 Å². The second kappa shape index (κ2) is 7.65. The summed E-state index contributed by atoms with van der Waals surface area (Å²) >= 11 is 6.15. The van der Waals surface area contributed by atoms with E-state index in [0.29, 0.717) is 16.9 Å². The molecule has 120 valence electrons. The highest BCUT2D eigenvalue weighted by Crippen LogP contribution is 2.37. The summed E-state index contributed by atoms with van der Waals surface area (Å²) < 4.78 is 24.4. The Morgan fingerprint density at radius 3 is 2.74 bits per heavy atom. The molecule has 0 aliphatic rings. The van der Waals surface area contributed by atoms with E-state index in [2.05, 4.69) is 0 Å². The average Bonchev–Trinajstić information content (AvgIpc) is 2.52. The lowest BCUT2D eigenvalue weighted by atomic mass is 10.2. The molecule has 2 aromatic rings. The zero-order valence-electron chi connectivity index (χ0n) is 12.3. The van der Waals surface area contributed by atoms with E-state index in [9.17, 15) is 9.18 Å². The molecular formula is C17H14ClFO4. The number of aliphatic carboxylic acids is 1. The molecule has 1 N–H and O–H groups in total. The predicted octanol–water partition coefficient (Wildman–Crippen LogP) is 4.16. The molecule has 0 atom stereocenters. The van der Waals surface area contributed by atoms with Crippen molar-refractivity contribution >= 4 is 23.6 Å². The first-order valence-electron chi connectivity index (χ1n) is 6.66. The minimum Gasteiger partial charge on any atom is -0.493 e. The van der Waals surface area contributed by atoms with Crippen molar-refractivity contribution in [1.82, 2.24) is 0 Å². The zero-order valence-corrected chi connectivity index (χ0v) is 13.0. The first-order valence-corrected chi connectivity index (χ1v) is 7.04. The van der Waals surface area contributed by atoms with E-state index in [0.717, 1.165) is 6.08 Å². The fourth-order valence-corrected chi connectivity index (χ4v) is 2.18. The summed E-state index contributed by atoms with van der Waals surface area (Å²) in [6, 6.07) is 9.38. The summed E-state index contributed by atoms with van der Waals surface area (Å²) in [5.41, 5.74) is 0.938. The molecule has 4 nitrogen and oxygen atoms in total. The van der Waals surface area contributed by atoms with Gasteiger partial charge in [0.15, 0.2) is 11.5 Å². The molecule has 0 saturated carbocycles. The second-order valence-electron chi connectivity index (χ2n) is 4.59. The molecule has 2 aromatic carbocycles. The summed E-state index contributed by atoms with van der Waals surface area (Å²) in [6.45, 7) is -0.00688. The van der Waals surface area contributed by atoms with Crippen molar-refractivity contribution in [3.63, 3.8) is 0 Å². The van der Waals surface area contributed by atoms with Gasteiger partial charge >= 0.3 is 5.97 Å². The van der Waals surface area contributed by atoms with Crippen LogP contribution in [0.25, 0.3) is 6.08 Å². The number of hydrogen-bond donors (Lipinski definition) is 1. The smallest absolute Gasteiger partial charge is 0.328 e. The minimum atomic E-state index is -1.07. The molecule has 0 fully saturated rings. The number of carboxylic acids is 1. The van der Waals surface area contributed by atoms with Gasteiger partial charge < -0.3 is 14.6 Å². The Kier molecular flexibility index (Phi) is 5.60. The Balaban J connectivity index is 2.24. The lowest BCUT2D eigenvalue weighted by Crippen LogP contribution is -2.01. The van der Waals surface area contributed by atoms with E-state index in [1.807, 2.05) is 0 Å². The first kappa shape index (κ1) is 16.8. The monoisotopic (exact) mass is 336 g/mol. The van der Waals surface area contributed by atoms with Gasteiger partial charge in [0.1, 0.15) is 12.4 Å². The maximum absolute atomic E-state index is 13.6. The van der Waals surface area contributed by atoms with Crippen LogP contribution in [-0.4, -0.2) is 18.2 Å². The van der Waals surface area contributed by atoms with Crippen molar-refractivity contribution in [3.8, 4) is 11.5 Å². The van der Waals surface area contributed by atoms with Crippen molar-refractivity contribution in [2.24, 2.45) is 0 Å². The normalized spacial score (nSPS) is 10.7. The van der Waals surface area contributed by atoms with E-state index in [1.54, 1.807) is 30.3 Å². The minimum absolute atomic E-state index is 0.00688. The summed E-state index contributed by atoms with van der Waals surface area (Å²) in [5.74, 6) is -0.840. The Labute approximate surface area is 137 Å². The number of halogens is 2. The number of rotatable bonds is 6. The molecule has 0 radical (unpaired) electrons. The number of ether oxygens (including phenoxy) is 2. The highest BCUT2D eigenvalue weighted by atomic mass is 35.5. The Hall–Kier alpha value is -2.53. The second-order valence-corrected chi connectivity index (χ2v) is 4.99. The van der Waals surface area contributed by atoms with E-state index in [4.69, 9.17) is 26.2 Å². The van der Waals surface area contributed by atoms with Crippen LogP contribution in [0.1, 0.15) is 11.1 Å². The standard InChI is InChI=1S/C17H14ClFO4/c1-22-15-9-11(6-7-16(20)21)8-13(18)17(15)23-10-12-4-2-3-5-14(12)19/h2-9H,10H2,1H3,(H,20,21)/b7-6+. The summed E-state index contributed by atoms with van der Waals surface area (Å²) in [4.78, 5) is 10.6. The van der Waals surface area contributed by atoms with Crippen LogP contribution in [0.4, 0.5) is 4.39 Å². The van der Waals surface area contributed by atoms with E-state index in [-0.39, 0.29) is 23.2 Å². The first-order chi connectivity index (χ1) is 11.0.